The summed E-state index contributed by atoms with van der Waals surface area (Å²) in [5.74, 6) is 0.948. The summed E-state index contributed by atoms with van der Waals surface area (Å²) < 4.78 is 5.29. The van der Waals surface area contributed by atoms with Gasteiger partial charge in [0.25, 0.3) is 5.91 Å². The van der Waals surface area contributed by atoms with E-state index in [9.17, 15) is 9.59 Å². The van der Waals surface area contributed by atoms with Crippen LogP contribution < -0.4 is 10.6 Å². The number of aryl methyl sites for hydroxylation is 2. The Labute approximate surface area is 201 Å². The molecule has 0 saturated carbocycles. The zero-order valence-electron chi connectivity index (χ0n) is 18.1. The average Bonchev–Trinajstić information content (AvgIpc) is 3.48. The van der Waals surface area contributed by atoms with Crippen LogP contribution in [0.3, 0.4) is 0 Å². The Morgan fingerprint density at radius 1 is 1.24 bits per heavy atom. The minimum atomic E-state index is -0.363. The highest BCUT2D eigenvalue weighted by Crippen LogP contribution is 2.27. The van der Waals surface area contributed by atoms with E-state index in [1.165, 1.54) is 4.88 Å². The van der Waals surface area contributed by atoms with Gasteiger partial charge in [0, 0.05) is 41.9 Å². The van der Waals surface area contributed by atoms with Gasteiger partial charge in [0.05, 0.1) is 5.92 Å². The van der Waals surface area contributed by atoms with Crippen LogP contribution in [0.15, 0.2) is 61.9 Å². The lowest BCUT2D eigenvalue weighted by Gasteiger charge is -2.20. The first-order valence-corrected chi connectivity index (χ1v) is 11.5. The molecular formula is C22H25ClN6O3S. The number of nitrogens with one attached hydrogen (secondary N) is 2. The Kier molecular flexibility index (Phi) is 8.67. The predicted molar refractivity (Wildman–Crippen MR) is 127 cm³/mol. The molecule has 4 rings (SSSR count). The van der Waals surface area contributed by atoms with Gasteiger partial charge in [-0.15, -0.1) is 34.0 Å². The summed E-state index contributed by atoms with van der Waals surface area (Å²) in [5, 5.41) is 19.8. The second kappa shape index (κ2) is 11.7. The molecule has 2 amide bonds. The number of azo groups is 1. The summed E-state index contributed by atoms with van der Waals surface area (Å²) in [4.78, 5) is 29.6. The van der Waals surface area contributed by atoms with E-state index in [1.807, 2.05) is 35.8 Å². The molecule has 11 heteroatoms. The molecule has 2 N–H and O–H groups in total. The third-order valence-electron chi connectivity index (χ3n) is 5.12. The maximum absolute atomic E-state index is 12.1. The van der Waals surface area contributed by atoms with Crippen LogP contribution in [0.5, 0.6) is 0 Å². The zero-order chi connectivity index (χ0) is 22.3. The number of carbonyl (C=O) groups is 2. The normalized spacial score (nSPS) is 16.5. The molecule has 1 unspecified atom stereocenters. The van der Waals surface area contributed by atoms with E-state index in [-0.39, 0.29) is 36.6 Å². The summed E-state index contributed by atoms with van der Waals surface area (Å²) in [6, 6.07) is 1.99. The van der Waals surface area contributed by atoms with Crippen molar-refractivity contribution in [3.05, 3.63) is 57.9 Å². The second-order valence-corrected chi connectivity index (χ2v) is 8.32. The molecule has 33 heavy (non-hydrogen) atoms. The number of aromatic nitrogens is 2. The lowest BCUT2D eigenvalue weighted by Crippen LogP contribution is -2.28. The highest BCUT2D eigenvalue weighted by Gasteiger charge is 2.26. The fourth-order valence-electron chi connectivity index (χ4n) is 3.45. The van der Waals surface area contributed by atoms with Crippen molar-refractivity contribution in [3.8, 4) is 11.4 Å². The van der Waals surface area contributed by atoms with Crippen LogP contribution in [0.2, 0.25) is 0 Å². The molecule has 2 aromatic rings. The van der Waals surface area contributed by atoms with E-state index in [0.717, 1.165) is 17.6 Å². The molecule has 2 aromatic heterocycles. The molecule has 1 aliphatic heterocycles. The average molecular weight is 489 g/mol. The number of fused-ring (bicyclic) bond motifs is 1. The molecule has 0 spiro atoms. The van der Waals surface area contributed by atoms with Gasteiger partial charge in [0.1, 0.15) is 0 Å². The molecule has 0 radical (unpaired) electrons. The maximum atomic E-state index is 12.1. The molecular weight excluding hydrogens is 464 g/mol. The smallest absolute Gasteiger partial charge is 0.276 e. The van der Waals surface area contributed by atoms with Crippen LogP contribution in [-0.4, -0.2) is 35.0 Å². The van der Waals surface area contributed by atoms with Gasteiger partial charge >= 0.3 is 0 Å². The van der Waals surface area contributed by atoms with Crippen LogP contribution >= 0.6 is 23.7 Å². The zero-order valence-corrected chi connectivity index (χ0v) is 19.7. The van der Waals surface area contributed by atoms with Crippen molar-refractivity contribution in [1.29, 1.82) is 0 Å². The van der Waals surface area contributed by atoms with E-state index < -0.39 is 0 Å². The van der Waals surface area contributed by atoms with Gasteiger partial charge in [-0.25, -0.2) is 0 Å². The molecule has 0 bridgehead atoms. The van der Waals surface area contributed by atoms with Crippen molar-refractivity contribution < 1.29 is 14.1 Å². The number of hydrogen-bond acceptors (Lipinski definition) is 8. The van der Waals surface area contributed by atoms with E-state index >= 15 is 0 Å². The largest absolute Gasteiger partial charge is 0.368 e. The highest BCUT2D eigenvalue weighted by atomic mass is 35.5. The molecule has 0 saturated heterocycles. The first-order valence-electron chi connectivity index (χ1n) is 10.6. The third kappa shape index (κ3) is 6.02. The molecule has 0 fully saturated rings. The van der Waals surface area contributed by atoms with Crippen LogP contribution in [0.4, 0.5) is 0 Å². The number of carbonyl (C=O) groups excluding carboxylic acids is 2. The van der Waals surface area contributed by atoms with Crippen LogP contribution in [-0.2, 0) is 22.4 Å². The number of allylic oxidation sites excluding steroid dienone is 3. The number of halogens is 1. The SMILES string of the molecule is CCc1sccc1-c1noc(CCC(=O)NCCCNC2=C3C=CC=CC3C(=O)N=N2)n1.Cl. The Hall–Kier alpha value is -3.11. The fraction of sp³-hybridized carbons (Fsp3) is 0.364. The topological polar surface area (TPSA) is 122 Å². The Balaban J connectivity index is 0.00000306. The molecule has 174 valence electrons. The van der Waals surface area contributed by atoms with E-state index in [0.29, 0.717) is 43.5 Å². The number of nitrogens with zero attached hydrogens (tertiary/aromatic N) is 4. The Bertz CT molecular complexity index is 1120. The van der Waals surface area contributed by atoms with Crippen molar-refractivity contribution in [1.82, 2.24) is 20.8 Å². The van der Waals surface area contributed by atoms with Crippen molar-refractivity contribution in [2.75, 3.05) is 13.1 Å². The Morgan fingerprint density at radius 3 is 2.97 bits per heavy atom. The molecule has 1 atom stereocenters. The van der Waals surface area contributed by atoms with Crippen molar-refractivity contribution in [2.24, 2.45) is 16.1 Å². The Morgan fingerprint density at radius 2 is 2.12 bits per heavy atom. The van der Waals surface area contributed by atoms with E-state index in [1.54, 1.807) is 11.3 Å². The van der Waals surface area contributed by atoms with Crippen LogP contribution in [0.25, 0.3) is 11.4 Å². The maximum Gasteiger partial charge on any atom is 0.276 e. The first kappa shape index (κ1) is 24.5. The van der Waals surface area contributed by atoms with Gasteiger partial charge in [-0.05, 0) is 24.3 Å². The fourth-order valence-corrected chi connectivity index (χ4v) is 4.27. The van der Waals surface area contributed by atoms with Crippen LogP contribution in [0.1, 0.15) is 30.5 Å². The molecule has 0 aromatic carbocycles. The van der Waals surface area contributed by atoms with Crippen LogP contribution in [0, 0.1) is 5.92 Å². The van der Waals surface area contributed by atoms with Gasteiger partial charge in [-0.1, -0.05) is 36.4 Å². The van der Waals surface area contributed by atoms with Gasteiger partial charge in [0.2, 0.25) is 17.6 Å². The number of amides is 2. The first-order chi connectivity index (χ1) is 15.7. The van der Waals surface area contributed by atoms with E-state index in [4.69, 9.17) is 4.52 Å². The van der Waals surface area contributed by atoms with Gasteiger partial charge in [0.15, 0.2) is 5.82 Å². The van der Waals surface area contributed by atoms with Crippen molar-refractivity contribution in [2.45, 2.75) is 32.6 Å². The molecule has 2 aliphatic rings. The summed E-state index contributed by atoms with van der Waals surface area (Å²) in [5.41, 5.74) is 1.82. The van der Waals surface area contributed by atoms with E-state index in [2.05, 4.69) is 37.9 Å². The minimum Gasteiger partial charge on any atom is -0.368 e. The monoisotopic (exact) mass is 488 g/mol. The highest BCUT2D eigenvalue weighted by molar-refractivity contribution is 7.10. The quantitative estimate of drug-likeness (QED) is 0.491. The number of hydrogen-bond donors (Lipinski definition) is 2. The summed E-state index contributed by atoms with van der Waals surface area (Å²) in [6.07, 6.45) is 9.69. The third-order valence-corrected chi connectivity index (χ3v) is 6.19. The van der Waals surface area contributed by atoms with Crippen molar-refractivity contribution >= 4 is 35.6 Å². The summed E-state index contributed by atoms with van der Waals surface area (Å²) in [7, 11) is 0. The van der Waals surface area contributed by atoms with Gasteiger partial charge in [-0.2, -0.15) is 4.98 Å². The van der Waals surface area contributed by atoms with Gasteiger partial charge < -0.3 is 15.2 Å². The molecule has 9 nitrogen and oxygen atoms in total. The minimum absolute atomic E-state index is 0. The van der Waals surface area contributed by atoms with Crippen molar-refractivity contribution in [3.63, 3.8) is 0 Å². The number of rotatable bonds is 10. The predicted octanol–water partition coefficient (Wildman–Crippen LogP) is 3.76. The standard InChI is InChI=1S/C22H24N6O3S.ClH/c1-2-17-16(10-13-32-17)21-25-19(31-28-21)9-8-18(29)23-11-5-12-24-20-14-6-3-4-7-15(14)22(30)27-26-20;/h3-4,6-7,10,13,15,24H,2,5,8-9,11-12H2,1H3,(H,23,29);1H. The lowest BCUT2D eigenvalue weighted by atomic mass is 9.93. The summed E-state index contributed by atoms with van der Waals surface area (Å²) >= 11 is 1.67. The molecule has 3 heterocycles. The molecule has 1 aliphatic carbocycles. The summed E-state index contributed by atoms with van der Waals surface area (Å²) in [6.45, 7) is 3.21. The van der Waals surface area contributed by atoms with Gasteiger partial charge in [-0.3, -0.25) is 9.59 Å². The second-order valence-electron chi connectivity index (χ2n) is 7.32. The number of thiophene rings is 1. The lowest BCUT2D eigenvalue weighted by molar-refractivity contribution is -0.121.